The molecule has 1 aromatic carbocycles. The lowest BCUT2D eigenvalue weighted by atomic mass is 9.78. The van der Waals surface area contributed by atoms with Crippen molar-refractivity contribution in [2.45, 2.75) is 49.7 Å². The summed E-state index contributed by atoms with van der Waals surface area (Å²) in [5.41, 5.74) is 8.71. The molecule has 0 spiro atoms. The van der Waals surface area contributed by atoms with Gasteiger partial charge in [0.25, 0.3) is 0 Å². The van der Waals surface area contributed by atoms with E-state index >= 15 is 0 Å². The van der Waals surface area contributed by atoms with Gasteiger partial charge in [-0.15, -0.1) is 0 Å². The molecular weight excluding hydrogens is 250 g/mol. The molecule has 2 bridgehead atoms. The molecule has 3 aliphatic rings. The number of fused-ring (bicyclic) bond motifs is 5. The number of urea groups is 1. The molecule has 3 N–H and O–H groups in total. The number of hydrogen-bond donors (Lipinski definition) is 2. The second kappa shape index (κ2) is 4.22. The lowest BCUT2D eigenvalue weighted by Crippen LogP contribution is -2.56. The standard InChI is InChI=1S/C16H21N3O/c17-16(8-3-9-16)10-18-15(20)19-13-6-7-14(19)12-5-2-1-4-11(12)13/h1-2,4-5,13-14H,3,6-10,17H2,(H,18,20). The Kier molecular flexibility index (Phi) is 2.58. The lowest BCUT2D eigenvalue weighted by molar-refractivity contribution is 0.172. The number of carbonyl (C=O) groups is 1. The predicted octanol–water partition coefficient (Wildman–Crippen LogP) is 2.47. The van der Waals surface area contributed by atoms with Gasteiger partial charge in [-0.05, 0) is 43.2 Å². The molecule has 0 aromatic heterocycles. The molecule has 2 heterocycles. The van der Waals surface area contributed by atoms with Gasteiger partial charge in [-0.1, -0.05) is 24.3 Å². The molecule has 1 saturated carbocycles. The summed E-state index contributed by atoms with van der Waals surface area (Å²) < 4.78 is 0. The monoisotopic (exact) mass is 271 g/mol. The summed E-state index contributed by atoms with van der Waals surface area (Å²) in [7, 11) is 0. The fraction of sp³-hybridized carbons (Fsp3) is 0.562. The van der Waals surface area contributed by atoms with Gasteiger partial charge in [-0.25, -0.2) is 4.79 Å². The summed E-state index contributed by atoms with van der Waals surface area (Å²) >= 11 is 0. The highest BCUT2D eigenvalue weighted by Crippen LogP contribution is 2.52. The van der Waals surface area contributed by atoms with Gasteiger partial charge in [0.05, 0.1) is 12.1 Å². The number of hydrogen-bond acceptors (Lipinski definition) is 2. The van der Waals surface area contributed by atoms with E-state index in [9.17, 15) is 4.79 Å². The number of benzene rings is 1. The number of amides is 2. The zero-order chi connectivity index (χ0) is 13.7. The van der Waals surface area contributed by atoms with E-state index in [4.69, 9.17) is 5.73 Å². The summed E-state index contributed by atoms with van der Waals surface area (Å²) in [4.78, 5) is 14.6. The number of nitrogens with two attached hydrogens (primary N) is 1. The highest BCUT2D eigenvalue weighted by Gasteiger charge is 2.46. The van der Waals surface area contributed by atoms with Crippen molar-refractivity contribution < 1.29 is 4.79 Å². The van der Waals surface area contributed by atoms with Crippen LogP contribution in [0.15, 0.2) is 24.3 Å². The van der Waals surface area contributed by atoms with Gasteiger partial charge in [-0.2, -0.15) is 0 Å². The summed E-state index contributed by atoms with van der Waals surface area (Å²) in [6.07, 6.45) is 5.42. The van der Waals surface area contributed by atoms with Gasteiger partial charge < -0.3 is 16.0 Å². The lowest BCUT2D eigenvalue weighted by Gasteiger charge is -2.38. The van der Waals surface area contributed by atoms with Gasteiger partial charge in [0.2, 0.25) is 0 Å². The van der Waals surface area contributed by atoms with Crippen LogP contribution in [0.3, 0.4) is 0 Å². The maximum Gasteiger partial charge on any atom is 0.318 e. The first kappa shape index (κ1) is 12.2. The minimum absolute atomic E-state index is 0.0606. The third kappa shape index (κ3) is 1.67. The molecule has 2 amide bonds. The topological polar surface area (TPSA) is 58.4 Å². The van der Waals surface area contributed by atoms with E-state index in [0.29, 0.717) is 6.54 Å². The van der Waals surface area contributed by atoms with Crippen molar-refractivity contribution >= 4 is 6.03 Å². The Morgan fingerprint density at radius 1 is 1.25 bits per heavy atom. The second-order valence-corrected chi connectivity index (χ2v) is 6.52. The molecule has 2 unspecified atom stereocenters. The molecule has 0 radical (unpaired) electrons. The van der Waals surface area contributed by atoms with Crippen LogP contribution < -0.4 is 11.1 Å². The summed E-state index contributed by atoms with van der Waals surface area (Å²) in [6.45, 7) is 0.609. The van der Waals surface area contributed by atoms with Crippen molar-refractivity contribution in [1.82, 2.24) is 10.2 Å². The van der Waals surface area contributed by atoms with E-state index < -0.39 is 0 Å². The van der Waals surface area contributed by atoms with Crippen molar-refractivity contribution in [2.75, 3.05) is 6.54 Å². The van der Waals surface area contributed by atoms with Crippen LogP contribution in [0, 0.1) is 0 Å². The predicted molar refractivity (Wildman–Crippen MR) is 77.2 cm³/mol. The van der Waals surface area contributed by atoms with Gasteiger partial charge in [0.1, 0.15) is 0 Å². The number of nitrogens with one attached hydrogen (secondary N) is 1. The van der Waals surface area contributed by atoms with Crippen LogP contribution in [0.2, 0.25) is 0 Å². The fourth-order valence-electron chi connectivity index (χ4n) is 3.97. The van der Waals surface area contributed by atoms with Crippen molar-refractivity contribution in [1.29, 1.82) is 0 Å². The molecule has 2 atom stereocenters. The van der Waals surface area contributed by atoms with E-state index in [0.717, 1.165) is 25.7 Å². The molecule has 4 rings (SSSR count). The normalized spacial score (nSPS) is 28.9. The second-order valence-electron chi connectivity index (χ2n) is 6.52. The molecule has 1 aromatic rings. The van der Waals surface area contributed by atoms with Gasteiger partial charge in [-0.3, -0.25) is 0 Å². The van der Waals surface area contributed by atoms with E-state index in [1.54, 1.807) is 0 Å². The summed E-state index contributed by atoms with van der Waals surface area (Å²) in [5, 5.41) is 3.06. The SMILES string of the molecule is NC1(CNC(=O)N2C3CCC2c2ccccc23)CCC1. The molecule has 20 heavy (non-hydrogen) atoms. The number of nitrogens with zero attached hydrogens (tertiary/aromatic N) is 1. The Morgan fingerprint density at radius 2 is 1.85 bits per heavy atom. The van der Waals surface area contributed by atoms with Crippen LogP contribution in [0.5, 0.6) is 0 Å². The van der Waals surface area contributed by atoms with Crippen molar-refractivity contribution in [3.63, 3.8) is 0 Å². The minimum atomic E-state index is -0.152. The van der Waals surface area contributed by atoms with Crippen LogP contribution in [-0.4, -0.2) is 23.0 Å². The van der Waals surface area contributed by atoms with E-state index in [-0.39, 0.29) is 23.7 Å². The van der Waals surface area contributed by atoms with Crippen LogP contribution in [0.1, 0.15) is 55.3 Å². The first-order chi connectivity index (χ1) is 9.68. The Bertz CT molecular complexity index is 521. The Morgan fingerprint density at radius 3 is 2.35 bits per heavy atom. The van der Waals surface area contributed by atoms with Crippen molar-refractivity contribution in [3.8, 4) is 0 Å². The van der Waals surface area contributed by atoms with Crippen molar-refractivity contribution in [3.05, 3.63) is 35.4 Å². The van der Waals surface area contributed by atoms with Crippen molar-refractivity contribution in [2.24, 2.45) is 5.73 Å². The fourth-order valence-corrected chi connectivity index (χ4v) is 3.97. The molecule has 4 nitrogen and oxygen atoms in total. The molecule has 1 saturated heterocycles. The van der Waals surface area contributed by atoms with Gasteiger partial charge >= 0.3 is 6.03 Å². The largest absolute Gasteiger partial charge is 0.336 e. The highest BCUT2D eigenvalue weighted by atomic mass is 16.2. The molecule has 1 aliphatic carbocycles. The average Bonchev–Trinajstić information content (AvgIpc) is 3.00. The van der Waals surface area contributed by atoms with Gasteiger partial charge in [0.15, 0.2) is 0 Å². The smallest absolute Gasteiger partial charge is 0.318 e. The Labute approximate surface area is 119 Å². The molecule has 106 valence electrons. The quantitative estimate of drug-likeness (QED) is 0.868. The Hall–Kier alpha value is -1.55. The third-order valence-corrected chi connectivity index (χ3v) is 5.27. The molecule has 2 aliphatic heterocycles. The maximum absolute atomic E-state index is 12.5. The zero-order valence-electron chi connectivity index (χ0n) is 11.6. The van der Waals surface area contributed by atoms with E-state index in [1.807, 2.05) is 4.90 Å². The van der Waals surface area contributed by atoms with E-state index in [2.05, 4.69) is 29.6 Å². The average molecular weight is 271 g/mol. The highest BCUT2D eigenvalue weighted by molar-refractivity contribution is 5.77. The minimum Gasteiger partial charge on any atom is -0.336 e. The first-order valence-electron chi connectivity index (χ1n) is 7.62. The molecular formula is C16H21N3O. The van der Waals surface area contributed by atoms with E-state index in [1.165, 1.54) is 17.5 Å². The van der Waals surface area contributed by atoms with Crippen LogP contribution in [0.25, 0.3) is 0 Å². The summed E-state index contributed by atoms with van der Waals surface area (Å²) in [5.74, 6) is 0. The summed E-state index contributed by atoms with van der Waals surface area (Å²) in [6, 6.07) is 9.06. The van der Waals surface area contributed by atoms with Crippen LogP contribution >= 0.6 is 0 Å². The van der Waals surface area contributed by atoms with Gasteiger partial charge in [0, 0.05) is 12.1 Å². The Balaban J connectivity index is 1.49. The molecule has 4 heteroatoms. The van der Waals surface area contributed by atoms with Crippen LogP contribution in [0.4, 0.5) is 4.79 Å². The maximum atomic E-state index is 12.5. The van der Waals surface area contributed by atoms with Crippen LogP contribution in [-0.2, 0) is 0 Å². The third-order valence-electron chi connectivity index (χ3n) is 5.27. The number of carbonyl (C=O) groups excluding carboxylic acids is 1. The number of rotatable bonds is 2. The first-order valence-corrected chi connectivity index (χ1v) is 7.62. The zero-order valence-corrected chi connectivity index (χ0v) is 11.6. The molecule has 2 fully saturated rings.